The van der Waals surface area contributed by atoms with Crippen LogP contribution in [0.1, 0.15) is 0 Å². The topological polar surface area (TPSA) is 56.8 Å². The molecule has 0 radical (unpaired) electrons. The molecule has 24 heavy (non-hydrogen) atoms. The Morgan fingerprint density at radius 3 is 2.42 bits per heavy atom. The molecule has 1 unspecified atom stereocenters. The average molecular weight is 339 g/mol. The zero-order valence-corrected chi connectivity index (χ0v) is 12.2. The van der Waals surface area contributed by atoms with Crippen LogP contribution in [0.2, 0.25) is 0 Å². The maximum absolute atomic E-state index is 12.2. The van der Waals surface area contributed by atoms with Gasteiger partial charge in [-0.1, -0.05) is 12.1 Å². The number of rotatable bonds is 3. The minimum absolute atomic E-state index is 0.0398. The number of amides is 1. The van der Waals surface area contributed by atoms with Crippen LogP contribution in [0.5, 0.6) is 17.2 Å². The van der Waals surface area contributed by atoms with Crippen LogP contribution in [-0.2, 0) is 4.79 Å². The van der Waals surface area contributed by atoms with E-state index in [2.05, 4.69) is 10.1 Å². The fourth-order valence-corrected chi connectivity index (χ4v) is 2.11. The summed E-state index contributed by atoms with van der Waals surface area (Å²) < 4.78 is 51.0. The normalized spacial score (nSPS) is 16.4. The summed E-state index contributed by atoms with van der Waals surface area (Å²) in [4.78, 5) is 12.2. The van der Waals surface area contributed by atoms with Crippen LogP contribution in [-0.4, -0.2) is 25.0 Å². The van der Waals surface area contributed by atoms with Gasteiger partial charge < -0.3 is 19.5 Å². The summed E-state index contributed by atoms with van der Waals surface area (Å²) in [6.07, 6.45) is -5.61. The molecule has 2 aromatic carbocycles. The first kappa shape index (κ1) is 16.0. The molecular formula is C16H12F3NO4. The second kappa shape index (κ2) is 6.31. The standard InChI is InChI=1S/C16H12F3NO4/c17-16(18,19)24-11-7-5-10(6-8-11)20-15(21)14-9-22-12-3-1-2-4-13(12)23-14/h1-8,14H,9H2,(H,20,21). The first-order valence-corrected chi connectivity index (χ1v) is 6.96. The highest BCUT2D eigenvalue weighted by atomic mass is 19.4. The third kappa shape index (κ3) is 3.89. The van der Waals surface area contributed by atoms with Crippen LogP contribution >= 0.6 is 0 Å². The molecule has 0 aromatic heterocycles. The van der Waals surface area contributed by atoms with Crippen molar-refractivity contribution < 1.29 is 32.2 Å². The predicted molar refractivity (Wildman–Crippen MR) is 78.1 cm³/mol. The SMILES string of the molecule is O=C(Nc1ccc(OC(F)(F)F)cc1)C1COc2ccccc2O1. The molecule has 126 valence electrons. The summed E-state index contributed by atoms with van der Waals surface area (Å²) in [6.45, 7) is 0.0398. The molecular weight excluding hydrogens is 327 g/mol. The number of para-hydroxylation sites is 2. The molecule has 1 N–H and O–H groups in total. The molecule has 1 amide bonds. The van der Waals surface area contributed by atoms with Crippen molar-refractivity contribution in [3.8, 4) is 17.2 Å². The third-order valence-electron chi connectivity index (χ3n) is 3.16. The lowest BCUT2D eigenvalue weighted by Crippen LogP contribution is -2.40. The lowest BCUT2D eigenvalue weighted by Gasteiger charge is -2.25. The summed E-state index contributed by atoms with van der Waals surface area (Å²) in [5.74, 6) is 0.175. The molecule has 8 heteroatoms. The monoisotopic (exact) mass is 339 g/mol. The molecule has 0 spiro atoms. The molecule has 0 fully saturated rings. The Labute approximate surface area is 134 Å². The van der Waals surface area contributed by atoms with Crippen molar-refractivity contribution in [3.63, 3.8) is 0 Å². The maximum Gasteiger partial charge on any atom is 0.573 e. The van der Waals surface area contributed by atoms with E-state index in [1.54, 1.807) is 24.3 Å². The second-order valence-electron chi connectivity index (χ2n) is 4.93. The summed E-state index contributed by atoms with van der Waals surface area (Å²) >= 11 is 0. The van der Waals surface area contributed by atoms with Crippen LogP contribution in [0, 0.1) is 0 Å². The van der Waals surface area contributed by atoms with E-state index in [-0.39, 0.29) is 12.4 Å². The molecule has 0 aliphatic carbocycles. The first-order chi connectivity index (χ1) is 11.4. The van der Waals surface area contributed by atoms with E-state index in [9.17, 15) is 18.0 Å². The van der Waals surface area contributed by atoms with Gasteiger partial charge in [0.1, 0.15) is 12.4 Å². The van der Waals surface area contributed by atoms with E-state index in [4.69, 9.17) is 9.47 Å². The van der Waals surface area contributed by atoms with E-state index >= 15 is 0 Å². The Morgan fingerprint density at radius 1 is 1.08 bits per heavy atom. The highest BCUT2D eigenvalue weighted by molar-refractivity contribution is 5.94. The van der Waals surface area contributed by atoms with E-state index in [0.29, 0.717) is 17.2 Å². The number of carbonyl (C=O) groups excluding carboxylic acids is 1. The van der Waals surface area contributed by atoms with Crippen molar-refractivity contribution in [2.24, 2.45) is 0 Å². The molecule has 3 rings (SSSR count). The summed E-state index contributed by atoms with van der Waals surface area (Å²) in [5, 5.41) is 2.55. The van der Waals surface area contributed by atoms with Crippen LogP contribution in [0.25, 0.3) is 0 Å². The Hall–Kier alpha value is -2.90. The van der Waals surface area contributed by atoms with Crippen LogP contribution in [0.15, 0.2) is 48.5 Å². The van der Waals surface area contributed by atoms with Gasteiger partial charge in [-0.25, -0.2) is 0 Å². The van der Waals surface area contributed by atoms with Gasteiger partial charge in [0.2, 0.25) is 6.10 Å². The number of hydrogen-bond donors (Lipinski definition) is 1. The largest absolute Gasteiger partial charge is 0.573 e. The van der Waals surface area contributed by atoms with Crippen LogP contribution in [0.3, 0.4) is 0 Å². The van der Waals surface area contributed by atoms with Gasteiger partial charge in [0.15, 0.2) is 11.5 Å². The molecule has 0 saturated carbocycles. The first-order valence-electron chi connectivity index (χ1n) is 6.96. The predicted octanol–water partition coefficient (Wildman–Crippen LogP) is 3.36. The molecule has 1 aliphatic rings. The number of benzene rings is 2. The molecule has 2 aromatic rings. The van der Waals surface area contributed by atoms with Crippen molar-refractivity contribution >= 4 is 11.6 Å². The summed E-state index contributed by atoms with van der Waals surface area (Å²) in [6, 6.07) is 11.8. The maximum atomic E-state index is 12.2. The zero-order chi connectivity index (χ0) is 17.2. The quantitative estimate of drug-likeness (QED) is 0.932. The Balaban J connectivity index is 1.61. The van der Waals surface area contributed by atoms with E-state index in [0.717, 1.165) is 12.1 Å². The number of carbonyl (C=O) groups is 1. The fraction of sp³-hybridized carbons (Fsp3) is 0.188. The zero-order valence-electron chi connectivity index (χ0n) is 12.2. The Morgan fingerprint density at radius 2 is 1.75 bits per heavy atom. The van der Waals surface area contributed by atoms with E-state index in [1.165, 1.54) is 12.1 Å². The van der Waals surface area contributed by atoms with Gasteiger partial charge in [0.25, 0.3) is 5.91 Å². The van der Waals surface area contributed by atoms with Crippen LogP contribution in [0.4, 0.5) is 18.9 Å². The van der Waals surface area contributed by atoms with Gasteiger partial charge in [-0.2, -0.15) is 0 Å². The minimum atomic E-state index is -4.76. The summed E-state index contributed by atoms with van der Waals surface area (Å²) in [7, 11) is 0. The number of fused-ring (bicyclic) bond motifs is 1. The molecule has 1 aliphatic heterocycles. The third-order valence-corrected chi connectivity index (χ3v) is 3.16. The van der Waals surface area contributed by atoms with Gasteiger partial charge in [-0.3, -0.25) is 4.79 Å². The lowest BCUT2D eigenvalue weighted by molar-refractivity contribution is -0.274. The van der Waals surface area contributed by atoms with Crippen molar-refractivity contribution in [1.82, 2.24) is 0 Å². The summed E-state index contributed by atoms with van der Waals surface area (Å²) in [5.41, 5.74) is 0.317. The second-order valence-corrected chi connectivity index (χ2v) is 4.93. The van der Waals surface area contributed by atoms with Crippen molar-refractivity contribution in [2.45, 2.75) is 12.5 Å². The number of nitrogens with one attached hydrogen (secondary N) is 1. The Bertz CT molecular complexity index is 731. The molecule has 1 heterocycles. The van der Waals surface area contributed by atoms with Gasteiger partial charge >= 0.3 is 6.36 Å². The highest BCUT2D eigenvalue weighted by Crippen LogP contribution is 2.31. The lowest BCUT2D eigenvalue weighted by atomic mass is 10.2. The molecule has 5 nitrogen and oxygen atoms in total. The number of hydrogen-bond acceptors (Lipinski definition) is 4. The van der Waals surface area contributed by atoms with Gasteiger partial charge in [-0.05, 0) is 36.4 Å². The minimum Gasteiger partial charge on any atom is -0.485 e. The smallest absolute Gasteiger partial charge is 0.485 e. The van der Waals surface area contributed by atoms with E-state index < -0.39 is 18.4 Å². The van der Waals surface area contributed by atoms with Gasteiger partial charge in [-0.15, -0.1) is 13.2 Å². The van der Waals surface area contributed by atoms with Crippen molar-refractivity contribution in [2.75, 3.05) is 11.9 Å². The average Bonchev–Trinajstić information content (AvgIpc) is 2.55. The Kier molecular flexibility index (Phi) is 4.20. The van der Waals surface area contributed by atoms with Gasteiger partial charge in [0, 0.05) is 5.69 Å². The fourth-order valence-electron chi connectivity index (χ4n) is 2.11. The van der Waals surface area contributed by atoms with Gasteiger partial charge in [0.05, 0.1) is 0 Å². The highest BCUT2D eigenvalue weighted by Gasteiger charge is 2.31. The number of halogens is 3. The number of alkyl halides is 3. The number of anilines is 1. The molecule has 0 bridgehead atoms. The molecule has 0 saturated heterocycles. The van der Waals surface area contributed by atoms with E-state index in [1.807, 2.05) is 0 Å². The molecule has 1 atom stereocenters. The van der Waals surface area contributed by atoms with Crippen molar-refractivity contribution in [1.29, 1.82) is 0 Å². The van der Waals surface area contributed by atoms with Crippen molar-refractivity contribution in [3.05, 3.63) is 48.5 Å². The van der Waals surface area contributed by atoms with Crippen LogP contribution < -0.4 is 19.5 Å². The number of ether oxygens (including phenoxy) is 3.